The lowest BCUT2D eigenvalue weighted by atomic mass is 10.1. The summed E-state index contributed by atoms with van der Waals surface area (Å²) < 4.78 is 10.6. The average molecular weight is 344 g/mol. The fourth-order valence-corrected chi connectivity index (χ4v) is 2.52. The first-order chi connectivity index (χ1) is 10.2. The van der Waals surface area contributed by atoms with Crippen molar-refractivity contribution in [1.29, 1.82) is 0 Å². The standard InChI is InChI=1S/C14H17N3O3S.ClH/c1-15-7-13(18)17-14-16-11(8-21-14)10-6-9(19-2)4-5-12(10)20-3;/h4-6,8,15H,7H2,1-3H3,(H,16,17,18);1H. The molecule has 22 heavy (non-hydrogen) atoms. The van der Waals surface area contributed by atoms with E-state index in [0.717, 1.165) is 17.0 Å². The largest absolute Gasteiger partial charge is 0.497 e. The van der Waals surface area contributed by atoms with E-state index in [1.807, 2.05) is 23.6 Å². The Kier molecular flexibility index (Phi) is 7.10. The molecule has 1 aromatic carbocycles. The maximum absolute atomic E-state index is 11.5. The van der Waals surface area contributed by atoms with Crippen LogP contribution in [0.2, 0.25) is 0 Å². The Bertz CT molecular complexity index is 634. The van der Waals surface area contributed by atoms with E-state index in [4.69, 9.17) is 9.47 Å². The van der Waals surface area contributed by atoms with E-state index in [9.17, 15) is 4.79 Å². The fourth-order valence-electron chi connectivity index (χ4n) is 1.79. The van der Waals surface area contributed by atoms with Crippen molar-refractivity contribution >= 4 is 34.8 Å². The monoisotopic (exact) mass is 343 g/mol. The van der Waals surface area contributed by atoms with Gasteiger partial charge < -0.3 is 20.1 Å². The molecule has 1 amide bonds. The van der Waals surface area contributed by atoms with Crippen LogP contribution in [0.5, 0.6) is 11.5 Å². The second-order valence-electron chi connectivity index (χ2n) is 4.18. The molecule has 0 aliphatic heterocycles. The van der Waals surface area contributed by atoms with Crippen molar-refractivity contribution in [2.75, 3.05) is 33.1 Å². The molecular weight excluding hydrogens is 326 g/mol. The average Bonchev–Trinajstić information content (AvgIpc) is 2.95. The van der Waals surface area contributed by atoms with Crippen molar-refractivity contribution in [2.24, 2.45) is 0 Å². The van der Waals surface area contributed by atoms with Crippen LogP contribution in [0.15, 0.2) is 23.6 Å². The SMILES string of the molecule is CNCC(=O)Nc1nc(-c2cc(OC)ccc2OC)cs1.Cl. The van der Waals surface area contributed by atoms with Crippen LogP contribution >= 0.6 is 23.7 Å². The molecule has 0 spiro atoms. The van der Waals surface area contributed by atoms with E-state index < -0.39 is 0 Å². The lowest BCUT2D eigenvalue weighted by Gasteiger charge is -2.08. The molecular formula is C14H18ClN3O3S. The number of hydrogen-bond acceptors (Lipinski definition) is 6. The normalized spacial score (nSPS) is 9.77. The summed E-state index contributed by atoms with van der Waals surface area (Å²) >= 11 is 1.36. The topological polar surface area (TPSA) is 72.5 Å². The first-order valence-electron chi connectivity index (χ1n) is 6.30. The molecule has 8 heteroatoms. The second-order valence-corrected chi connectivity index (χ2v) is 5.04. The fraction of sp³-hybridized carbons (Fsp3) is 0.286. The van der Waals surface area contributed by atoms with Gasteiger partial charge in [0, 0.05) is 10.9 Å². The highest BCUT2D eigenvalue weighted by molar-refractivity contribution is 7.14. The number of hydrogen-bond donors (Lipinski definition) is 2. The van der Waals surface area contributed by atoms with Gasteiger partial charge in [-0.2, -0.15) is 0 Å². The van der Waals surface area contributed by atoms with Gasteiger partial charge in [-0.1, -0.05) is 0 Å². The summed E-state index contributed by atoms with van der Waals surface area (Å²) in [6, 6.07) is 5.50. The Morgan fingerprint density at radius 2 is 2.09 bits per heavy atom. The number of halogens is 1. The molecule has 0 aliphatic carbocycles. The quantitative estimate of drug-likeness (QED) is 0.842. The van der Waals surface area contributed by atoms with Crippen molar-refractivity contribution in [3.63, 3.8) is 0 Å². The molecule has 2 aromatic rings. The van der Waals surface area contributed by atoms with Crippen molar-refractivity contribution in [1.82, 2.24) is 10.3 Å². The van der Waals surface area contributed by atoms with Crippen molar-refractivity contribution in [2.45, 2.75) is 0 Å². The number of methoxy groups -OCH3 is 2. The number of amides is 1. The third-order valence-electron chi connectivity index (χ3n) is 2.77. The van der Waals surface area contributed by atoms with E-state index in [1.165, 1.54) is 11.3 Å². The third-order valence-corrected chi connectivity index (χ3v) is 3.53. The Labute approximate surface area is 139 Å². The summed E-state index contributed by atoms with van der Waals surface area (Å²) in [5.74, 6) is 1.30. The molecule has 2 N–H and O–H groups in total. The molecule has 0 saturated carbocycles. The molecule has 2 rings (SSSR count). The molecule has 1 aromatic heterocycles. The lowest BCUT2D eigenvalue weighted by Crippen LogP contribution is -2.24. The Hall–Kier alpha value is -1.83. The molecule has 6 nitrogen and oxygen atoms in total. The van der Waals surface area contributed by atoms with Crippen LogP contribution < -0.4 is 20.1 Å². The van der Waals surface area contributed by atoms with Crippen LogP contribution in [-0.2, 0) is 4.79 Å². The van der Waals surface area contributed by atoms with Gasteiger partial charge in [0.25, 0.3) is 0 Å². The highest BCUT2D eigenvalue weighted by Crippen LogP contribution is 2.34. The molecule has 0 fully saturated rings. The Balaban J connectivity index is 0.00000242. The van der Waals surface area contributed by atoms with Gasteiger partial charge in [0.05, 0.1) is 26.5 Å². The second kappa shape index (κ2) is 8.57. The maximum atomic E-state index is 11.5. The van der Waals surface area contributed by atoms with Crippen LogP contribution in [0.4, 0.5) is 5.13 Å². The molecule has 120 valence electrons. The minimum Gasteiger partial charge on any atom is -0.497 e. The number of carbonyl (C=O) groups excluding carboxylic acids is 1. The molecule has 0 saturated heterocycles. The molecule has 0 atom stereocenters. The number of aromatic nitrogens is 1. The molecule has 0 radical (unpaired) electrons. The summed E-state index contributed by atoms with van der Waals surface area (Å²) in [5, 5.41) is 7.94. The van der Waals surface area contributed by atoms with Crippen LogP contribution in [0.25, 0.3) is 11.3 Å². The number of nitrogens with zero attached hydrogens (tertiary/aromatic N) is 1. The van der Waals surface area contributed by atoms with Gasteiger partial charge in [-0.25, -0.2) is 4.98 Å². The summed E-state index contributed by atoms with van der Waals surface area (Å²) in [5.41, 5.74) is 1.55. The third kappa shape index (κ3) is 4.33. The van der Waals surface area contributed by atoms with Crippen LogP contribution in [-0.4, -0.2) is 38.7 Å². The molecule has 0 aliphatic rings. The number of nitrogens with one attached hydrogen (secondary N) is 2. The van der Waals surface area contributed by atoms with E-state index in [-0.39, 0.29) is 24.9 Å². The minimum absolute atomic E-state index is 0. The van der Waals surface area contributed by atoms with Crippen molar-refractivity contribution < 1.29 is 14.3 Å². The van der Waals surface area contributed by atoms with Gasteiger partial charge in [-0.3, -0.25) is 4.79 Å². The minimum atomic E-state index is -0.129. The molecule has 0 unspecified atom stereocenters. The van der Waals surface area contributed by atoms with E-state index in [0.29, 0.717) is 10.9 Å². The maximum Gasteiger partial charge on any atom is 0.240 e. The summed E-state index contributed by atoms with van der Waals surface area (Å²) in [4.78, 5) is 15.9. The smallest absolute Gasteiger partial charge is 0.240 e. The van der Waals surface area contributed by atoms with Gasteiger partial charge in [-0.05, 0) is 25.2 Å². The van der Waals surface area contributed by atoms with Gasteiger partial charge in [0.1, 0.15) is 11.5 Å². The zero-order valence-corrected chi connectivity index (χ0v) is 14.1. The molecule has 1 heterocycles. The van der Waals surface area contributed by atoms with Gasteiger partial charge in [0.15, 0.2) is 5.13 Å². The van der Waals surface area contributed by atoms with Gasteiger partial charge >= 0.3 is 0 Å². The zero-order chi connectivity index (χ0) is 15.2. The Morgan fingerprint density at radius 3 is 2.73 bits per heavy atom. The van der Waals surface area contributed by atoms with E-state index in [2.05, 4.69) is 15.6 Å². The zero-order valence-electron chi connectivity index (χ0n) is 12.5. The lowest BCUT2D eigenvalue weighted by molar-refractivity contribution is -0.115. The number of rotatable bonds is 6. The van der Waals surface area contributed by atoms with Crippen LogP contribution in [0.1, 0.15) is 0 Å². The summed E-state index contributed by atoms with van der Waals surface area (Å²) in [7, 11) is 4.93. The summed E-state index contributed by atoms with van der Waals surface area (Å²) in [6.07, 6.45) is 0. The first kappa shape index (κ1) is 18.2. The Morgan fingerprint density at radius 1 is 1.32 bits per heavy atom. The highest BCUT2D eigenvalue weighted by Gasteiger charge is 2.12. The number of ether oxygens (including phenoxy) is 2. The van der Waals surface area contributed by atoms with Crippen LogP contribution in [0, 0.1) is 0 Å². The van der Waals surface area contributed by atoms with E-state index in [1.54, 1.807) is 21.3 Å². The summed E-state index contributed by atoms with van der Waals surface area (Å²) in [6.45, 7) is 0.247. The van der Waals surface area contributed by atoms with Gasteiger partial charge in [0.2, 0.25) is 5.91 Å². The molecule has 0 bridgehead atoms. The predicted octanol–water partition coefficient (Wildman–Crippen LogP) is 2.41. The van der Waals surface area contributed by atoms with Crippen LogP contribution in [0.3, 0.4) is 0 Å². The first-order valence-corrected chi connectivity index (χ1v) is 7.18. The van der Waals surface area contributed by atoms with Gasteiger partial charge in [-0.15, -0.1) is 23.7 Å². The number of anilines is 1. The van der Waals surface area contributed by atoms with Crippen molar-refractivity contribution in [3.8, 4) is 22.8 Å². The predicted molar refractivity (Wildman–Crippen MR) is 90.5 cm³/mol. The van der Waals surface area contributed by atoms with E-state index >= 15 is 0 Å². The van der Waals surface area contributed by atoms with Crippen molar-refractivity contribution in [3.05, 3.63) is 23.6 Å². The number of carbonyl (C=O) groups is 1. The highest BCUT2D eigenvalue weighted by atomic mass is 35.5. The number of likely N-dealkylation sites (N-methyl/N-ethyl adjacent to an activating group) is 1. The number of benzene rings is 1. The number of thiazole rings is 1.